The Labute approximate surface area is 126 Å². The molecule has 1 aromatic rings. The van der Waals surface area contributed by atoms with Crippen LogP contribution in [0.15, 0.2) is 18.3 Å². The molecule has 1 amide bonds. The Morgan fingerprint density at radius 3 is 2.55 bits per heavy atom. The minimum absolute atomic E-state index is 0.151. The van der Waals surface area contributed by atoms with Crippen molar-refractivity contribution in [3.05, 3.63) is 29.6 Å². The molecule has 0 aromatic carbocycles. The van der Waals surface area contributed by atoms with Gasteiger partial charge in [0.25, 0.3) is 5.91 Å². The first-order chi connectivity index (χ1) is 9.40. The number of nitrogens with two attached hydrogens (primary N) is 1. The summed E-state index contributed by atoms with van der Waals surface area (Å²) in [4.78, 5) is 16.4. The van der Waals surface area contributed by atoms with E-state index in [0.29, 0.717) is 17.2 Å². The average Bonchev–Trinajstić information content (AvgIpc) is 2.38. The molecule has 0 saturated heterocycles. The fraction of sp³-hybridized carbons (Fsp3) is 0.533. The van der Waals surface area contributed by atoms with Crippen LogP contribution in [-0.4, -0.2) is 21.9 Å². The molecule has 1 unspecified atom stereocenters. The maximum absolute atomic E-state index is 12.0. The molecule has 1 atom stereocenters. The van der Waals surface area contributed by atoms with Crippen molar-refractivity contribution in [2.75, 3.05) is 0 Å². The van der Waals surface area contributed by atoms with Crippen LogP contribution in [0, 0.1) is 5.92 Å². The minimum atomic E-state index is -0.156. The topological polar surface area (TPSA) is 68.0 Å². The first-order valence-electron chi connectivity index (χ1n) is 6.97. The number of rotatable bonds is 7. The molecule has 1 heterocycles. The zero-order valence-corrected chi connectivity index (χ0v) is 13.2. The van der Waals surface area contributed by atoms with Gasteiger partial charge in [-0.2, -0.15) is 0 Å². The third-order valence-corrected chi connectivity index (χ3v) is 3.31. The second-order valence-electron chi connectivity index (χ2n) is 5.50. The first kappa shape index (κ1) is 16.6. The van der Waals surface area contributed by atoms with E-state index in [1.165, 1.54) is 12.6 Å². The van der Waals surface area contributed by atoms with Crippen LogP contribution in [0.2, 0.25) is 0 Å². The van der Waals surface area contributed by atoms with Gasteiger partial charge in [-0.1, -0.05) is 38.9 Å². The molecule has 0 saturated carbocycles. The quantitative estimate of drug-likeness (QED) is 0.758. The van der Waals surface area contributed by atoms with E-state index in [-0.39, 0.29) is 16.9 Å². The largest absolute Gasteiger partial charge is 0.389 e. The van der Waals surface area contributed by atoms with Gasteiger partial charge in [-0.15, -0.1) is 0 Å². The van der Waals surface area contributed by atoms with Gasteiger partial charge in [0.2, 0.25) is 0 Å². The van der Waals surface area contributed by atoms with E-state index in [4.69, 9.17) is 18.0 Å². The summed E-state index contributed by atoms with van der Waals surface area (Å²) < 4.78 is 0. The van der Waals surface area contributed by atoms with Crippen molar-refractivity contribution in [3.63, 3.8) is 0 Å². The molecule has 1 aromatic heterocycles. The Hall–Kier alpha value is -1.49. The van der Waals surface area contributed by atoms with Gasteiger partial charge >= 0.3 is 0 Å². The molecule has 20 heavy (non-hydrogen) atoms. The number of hydrogen-bond acceptors (Lipinski definition) is 3. The highest BCUT2D eigenvalue weighted by Crippen LogP contribution is 2.09. The van der Waals surface area contributed by atoms with Crippen LogP contribution >= 0.6 is 12.2 Å². The van der Waals surface area contributed by atoms with Gasteiger partial charge in [0.05, 0.1) is 0 Å². The lowest BCUT2D eigenvalue weighted by molar-refractivity contribution is 0.0932. The molecule has 4 nitrogen and oxygen atoms in total. The Morgan fingerprint density at radius 1 is 1.35 bits per heavy atom. The lowest BCUT2D eigenvalue weighted by Crippen LogP contribution is -2.33. The Morgan fingerprint density at radius 2 is 2.05 bits per heavy atom. The molecule has 1 rings (SSSR count). The number of nitrogens with one attached hydrogen (secondary N) is 1. The fourth-order valence-corrected chi connectivity index (χ4v) is 2.00. The zero-order valence-electron chi connectivity index (χ0n) is 12.3. The van der Waals surface area contributed by atoms with Gasteiger partial charge in [0, 0.05) is 17.8 Å². The van der Waals surface area contributed by atoms with Gasteiger partial charge in [-0.05, 0) is 31.4 Å². The van der Waals surface area contributed by atoms with Crippen molar-refractivity contribution >= 4 is 23.1 Å². The van der Waals surface area contributed by atoms with Crippen molar-refractivity contribution in [1.29, 1.82) is 0 Å². The fourth-order valence-electron chi connectivity index (χ4n) is 1.88. The third kappa shape index (κ3) is 5.65. The smallest absolute Gasteiger partial charge is 0.270 e. The van der Waals surface area contributed by atoms with Gasteiger partial charge in [-0.3, -0.25) is 9.78 Å². The summed E-state index contributed by atoms with van der Waals surface area (Å²) in [5.74, 6) is 0.545. The first-order valence-corrected chi connectivity index (χ1v) is 7.37. The number of aromatic nitrogens is 1. The van der Waals surface area contributed by atoms with E-state index >= 15 is 0 Å². The predicted molar refractivity (Wildman–Crippen MR) is 85.7 cm³/mol. The molecule has 0 fully saturated rings. The van der Waals surface area contributed by atoms with Crippen molar-refractivity contribution < 1.29 is 4.79 Å². The number of amides is 1. The van der Waals surface area contributed by atoms with E-state index < -0.39 is 0 Å². The molecule has 3 N–H and O–H groups in total. The number of thiocarbonyl (C=S) groups is 1. The van der Waals surface area contributed by atoms with E-state index in [1.807, 2.05) is 6.92 Å². The van der Waals surface area contributed by atoms with E-state index in [0.717, 1.165) is 12.8 Å². The lowest BCUT2D eigenvalue weighted by Gasteiger charge is -2.14. The summed E-state index contributed by atoms with van der Waals surface area (Å²) in [5, 5.41) is 2.95. The summed E-state index contributed by atoms with van der Waals surface area (Å²) in [6.07, 6.45) is 4.81. The van der Waals surface area contributed by atoms with E-state index in [1.54, 1.807) is 12.1 Å². The van der Waals surface area contributed by atoms with Crippen molar-refractivity contribution in [3.8, 4) is 0 Å². The zero-order chi connectivity index (χ0) is 15.1. The number of carbonyl (C=O) groups is 1. The van der Waals surface area contributed by atoms with Gasteiger partial charge in [0.15, 0.2) is 0 Å². The van der Waals surface area contributed by atoms with Crippen LogP contribution in [0.25, 0.3) is 0 Å². The summed E-state index contributed by atoms with van der Waals surface area (Å²) in [6, 6.07) is 3.51. The third-order valence-electron chi connectivity index (χ3n) is 3.08. The summed E-state index contributed by atoms with van der Waals surface area (Å²) >= 11 is 4.85. The number of pyridine rings is 1. The monoisotopic (exact) mass is 293 g/mol. The maximum Gasteiger partial charge on any atom is 0.270 e. The Balaban J connectivity index is 2.47. The second kappa shape index (κ2) is 7.94. The molecular weight excluding hydrogens is 270 g/mol. The second-order valence-corrected chi connectivity index (χ2v) is 5.94. The molecule has 5 heteroatoms. The number of hydrogen-bond donors (Lipinski definition) is 2. The molecule has 0 aliphatic carbocycles. The van der Waals surface area contributed by atoms with Crippen LogP contribution < -0.4 is 11.1 Å². The molecule has 0 bridgehead atoms. The van der Waals surface area contributed by atoms with Crippen LogP contribution in [0.4, 0.5) is 0 Å². The van der Waals surface area contributed by atoms with Crippen LogP contribution in [0.5, 0.6) is 0 Å². The highest BCUT2D eigenvalue weighted by atomic mass is 32.1. The van der Waals surface area contributed by atoms with E-state index in [9.17, 15) is 4.79 Å². The van der Waals surface area contributed by atoms with Crippen molar-refractivity contribution in [2.24, 2.45) is 11.7 Å². The number of carbonyl (C=O) groups excluding carboxylic acids is 1. The Bertz CT molecular complexity index is 457. The summed E-state index contributed by atoms with van der Waals surface area (Å²) in [7, 11) is 0. The van der Waals surface area contributed by atoms with E-state index in [2.05, 4.69) is 24.1 Å². The molecular formula is C15H23N3OS. The number of nitrogens with zero attached hydrogens (tertiary/aromatic N) is 1. The lowest BCUT2D eigenvalue weighted by atomic mass is 10.0. The molecule has 0 aliphatic heterocycles. The van der Waals surface area contributed by atoms with Gasteiger partial charge in [-0.25, -0.2) is 0 Å². The summed E-state index contributed by atoms with van der Waals surface area (Å²) in [5.41, 5.74) is 6.55. The summed E-state index contributed by atoms with van der Waals surface area (Å²) in [6.45, 7) is 6.43. The molecule has 110 valence electrons. The highest BCUT2D eigenvalue weighted by molar-refractivity contribution is 7.80. The maximum atomic E-state index is 12.0. The normalized spacial score (nSPS) is 12.2. The van der Waals surface area contributed by atoms with Crippen molar-refractivity contribution in [2.45, 2.75) is 46.1 Å². The molecule has 0 spiro atoms. The molecule has 0 aliphatic rings. The van der Waals surface area contributed by atoms with Crippen molar-refractivity contribution in [1.82, 2.24) is 10.3 Å². The SMILES string of the molecule is CC(C)CCCC(C)NC(=O)c1ccc(C(N)=S)cn1. The van der Waals surface area contributed by atoms with Gasteiger partial charge in [0.1, 0.15) is 10.7 Å². The highest BCUT2D eigenvalue weighted by Gasteiger charge is 2.11. The average molecular weight is 293 g/mol. The Kier molecular flexibility index (Phi) is 6.58. The predicted octanol–water partition coefficient (Wildman–Crippen LogP) is 2.66. The standard InChI is InChI=1S/C15H23N3OS/c1-10(2)5-4-6-11(3)18-15(19)13-8-7-12(9-17-13)14(16)20/h7-11H,4-6H2,1-3H3,(H2,16,20)(H,18,19). The van der Waals surface area contributed by atoms with Crippen LogP contribution in [0.3, 0.4) is 0 Å². The van der Waals surface area contributed by atoms with Gasteiger partial charge < -0.3 is 11.1 Å². The minimum Gasteiger partial charge on any atom is -0.389 e. The van der Waals surface area contributed by atoms with Crippen LogP contribution in [-0.2, 0) is 0 Å². The molecule has 0 radical (unpaired) electrons. The van der Waals surface area contributed by atoms with Crippen LogP contribution in [0.1, 0.15) is 56.1 Å².